The van der Waals surface area contributed by atoms with Crippen molar-refractivity contribution in [3.8, 4) is 0 Å². The van der Waals surface area contributed by atoms with Gasteiger partial charge in [0.25, 0.3) is 0 Å². The summed E-state index contributed by atoms with van der Waals surface area (Å²) < 4.78 is 0.549. The number of halogens is 1. The van der Waals surface area contributed by atoms with Gasteiger partial charge in [0.2, 0.25) is 0 Å². The molecular formula is C11H13BrN4O4. The molecule has 6 N–H and O–H groups in total. The lowest BCUT2D eigenvalue weighted by molar-refractivity contribution is 0.0697. The van der Waals surface area contributed by atoms with Crippen LogP contribution in [0.2, 0.25) is 0 Å². The molecule has 0 aliphatic heterocycles. The molecule has 0 aliphatic carbocycles. The van der Waals surface area contributed by atoms with Crippen molar-refractivity contribution in [2.24, 2.45) is 5.73 Å². The Kier molecular flexibility index (Phi) is 5.78. The summed E-state index contributed by atoms with van der Waals surface area (Å²) in [6, 6.07) is 3.05. The van der Waals surface area contributed by atoms with Gasteiger partial charge in [0.1, 0.15) is 0 Å². The number of hydrogen-bond acceptors (Lipinski definition) is 3. The molecule has 0 heterocycles. The first-order chi connectivity index (χ1) is 9.40. The van der Waals surface area contributed by atoms with E-state index in [2.05, 4.69) is 31.9 Å². The third kappa shape index (κ3) is 5.14. The van der Waals surface area contributed by atoms with Crippen molar-refractivity contribution >= 4 is 39.6 Å². The fraction of sp³-hybridized carbons (Fsp3) is 0.182. The SMILES string of the molecule is NC(=O)NCCNC(=O)Nc1cc(C(=O)O)ccc1Br. The molecule has 9 heteroatoms. The van der Waals surface area contributed by atoms with Gasteiger partial charge in [-0.1, -0.05) is 0 Å². The molecule has 108 valence electrons. The molecule has 1 aromatic rings. The molecule has 0 bridgehead atoms. The number of aromatic carboxylic acids is 1. The average molecular weight is 345 g/mol. The molecule has 0 spiro atoms. The van der Waals surface area contributed by atoms with Gasteiger partial charge in [0.05, 0.1) is 11.3 Å². The Hall–Kier alpha value is -2.29. The predicted molar refractivity (Wildman–Crippen MR) is 75.7 cm³/mol. The number of carboxylic acid groups (broad SMARTS) is 1. The molecule has 1 rings (SSSR count). The van der Waals surface area contributed by atoms with Gasteiger partial charge in [-0.2, -0.15) is 0 Å². The topological polar surface area (TPSA) is 134 Å². The molecule has 0 unspecified atom stereocenters. The van der Waals surface area contributed by atoms with Crippen LogP contribution in [-0.2, 0) is 0 Å². The number of hydrogen-bond donors (Lipinski definition) is 5. The maximum absolute atomic E-state index is 11.6. The minimum atomic E-state index is -1.09. The number of anilines is 1. The van der Waals surface area contributed by atoms with Gasteiger partial charge < -0.3 is 26.8 Å². The van der Waals surface area contributed by atoms with Crippen LogP contribution in [0, 0.1) is 0 Å². The van der Waals surface area contributed by atoms with Crippen molar-refractivity contribution in [2.75, 3.05) is 18.4 Å². The zero-order valence-corrected chi connectivity index (χ0v) is 11.9. The van der Waals surface area contributed by atoms with Crippen LogP contribution in [0.5, 0.6) is 0 Å². The number of carbonyl (C=O) groups excluding carboxylic acids is 2. The summed E-state index contributed by atoms with van der Waals surface area (Å²) in [7, 11) is 0. The fourth-order valence-corrected chi connectivity index (χ4v) is 1.63. The number of urea groups is 2. The maximum Gasteiger partial charge on any atom is 0.335 e. The molecule has 4 amide bonds. The molecule has 0 fully saturated rings. The van der Waals surface area contributed by atoms with Gasteiger partial charge in [-0.15, -0.1) is 0 Å². The van der Waals surface area contributed by atoms with Gasteiger partial charge in [-0.25, -0.2) is 14.4 Å². The van der Waals surface area contributed by atoms with E-state index >= 15 is 0 Å². The lowest BCUT2D eigenvalue weighted by atomic mass is 10.2. The first kappa shape index (κ1) is 15.8. The molecule has 0 radical (unpaired) electrons. The van der Waals surface area contributed by atoms with E-state index < -0.39 is 18.0 Å². The minimum absolute atomic E-state index is 0.0545. The Balaban J connectivity index is 2.55. The Morgan fingerprint density at radius 2 is 1.85 bits per heavy atom. The second-order valence-electron chi connectivity index (χ2n) is 3.67. The van der Waals surface area contributed by atoms with Gasteiger partial charge in [0.15, 0.2) is 0 Å². The number of amides is 4. The Morgan fingerprint density at radius 3 is 2.45 bits per heavy atom. The van der Waals surface area contributed by atoms with E-state index in [9.17, 15) is 14.4 Å². The monoisotopic (exact) mass is 344 g/mol. The molecule has 0 saturated carbocycles. The van der Waals surface area contributed by atoms with Gasteiger partial charge in [0, 0.05) is 17.6 Å². The molecule has 0 aromatic heterocycles. The molecule has 0 atom stereocenters. The summed E-state index contributed by atoms with van der Waals surface area (Å²) in [5, 5.41) is 16.1. The van der Waals surface area contributed by atoms with Crippen LogP contribution in [0.3, 0.4) is 0 Å². The van der Waals surface area contributed by atoms with E-state index in [4.69, 9.17) is 10.8 Å². The van der Waals surface area contributed by atoms with Crippen molar-refractivity contribution in [2.45, 2.75) is 0 Å². The van der Waals surface area contributed by atoms with Crippen LogP contribution in [0.15, 0.2) is 22.7 Å². The number of nitrogens with two attached hydrogens (primary N) is 1. The number of rotatable bonds is 5. The Bertz CT molecular complexity index is 535. The van der Waals surface area contributed by atoms with Crippen molar-refractivity contribution < 1.29 is 19.5 Å². The summed E-state index contributed by atoms with van der Waals surface area (Å²) >= 11 is 3.20. The lowest BCUT2D eigenvalue weighted by Crippen LogP contribution is -2.38. The molecule has 0 saturated heterocycles. The second kappa shape index (κ2) is 7.34. The quantitative estimate of drug-likeness (QED) is 0.508. The summed E-state index contributed by atoms with van der Waals surface area (Å²) in [6.07, 6.45) is 0. The standard InChI is InChI=1S/C11H13BrN4O4/c12-7-2-1-6(9(17)18)5-8(7)16-11(20)15-4-3-14-10(13)19/h1-2,5H,3-4H2,(H,17,18)(H3,13,14,19)(H2,15,16,20). The highest BCUT2D eigenvalue weighted by Crippen LogP contribution is 2.23. The summed E-state index contributed by atoms with van der Waals surface area (Å²) in [5.41, 5.74) is 5.24. The lowest BCUT2D eigenvalue weighted by Gasteiger charge is -2.10. The van der Waals surface area contributed by atoms with E-state index in [0.717, 1.165) is 0 Å². The van der Waals surface area contributed by atoms with Crippen molar-refractivity contribution in [3.63, 3.8) is 0 Å². The van der Waals surface area contributed by atoms with Crippen LogP contribution in [0.1, 0.15) is 10.4 Å². The van der Waals surface area contributed by atoms with Crippen LogP contribution in [0.25, 0.3) is 0 Å². The van der Waals surface area contributed by atoms with E-state index in [-0.39, 0.29) is 18.7 Å². The zero-order chi connectivity index (χ0) is 15.1. The van der Waals surface area contributed by atoms with Crippen LogP contribution in [-0.4, -0.2) is 36.2 Å². The van der Waals surface area contributed by atoms with Crippen LogP contribution < -0.4 is 21.7 Å². The Labute approximate surface area is 122 Å². The van der Waals surface area contributed by atoms with E-state index in [0.29, 0.717) is 10.2 Å². The van der Waals surface area contributed by atoms with E-state index in [1.54, 1.807) is 0 Å². The maximum atomic E-state index is 11.6. The van der Waals surface area contributed by atoms with Crippen molar-refractivity contribution in [3.05, 3.63) is 28.2 Å². The summed E-state index contributed by atoms with van der Waals surface area (Å²) in [4.78, 5) is 32.8. The van der Waals surface area contributed by atoms with E-state index in [1.807, 2.05) is 0 Å². The number of primary amides is 1. The second-order valence-corrected chi connectivity index (χ2v) is 4.53. The Morgan fingerprint density at radius 1 is 1.20 bits per heavy atom. The van der Waals surface area contributed by atoms with E-state index in [1.165, 1.54) is 18.2 Å². The summed E-state index contributed by atoms with van der Waals surface area (Å²) in [6.45, 7) is 0.379. The highest BCUT2D eigenvalue weighted by molar-refractivity contribution is 9.10. The third-order valence-electron chi connectivity index (χ3n) is 2.17. The third-order valence-corrected chi connectivity index (χ3v) is 2.86. The zero-order valence-electron chi connectivity index (χ0n) is 10.3. The fourth-order valence-electron chi connectivity index (χ4n) is 1.28. The minimum Gasteiger partial charge on any atom is -0.478 e. The van der Waals surface area contributed by atoms with Crippen molar-refractivity contribution in [1.29, 1.82) is 0 Å². The number of benzene rings is 1. The normalized spacial score (nSPS) is 9.65. The molecule has 1 aromatic carbocycles. The highest BCUT2D eigenvalue weighted by atomic mass is 79.9. The van der Waals surface area contributed by atoms with Crippen LogP contribution >= 0.6 is 15.9 Å². The first-order valence-corrected chi connectivity index (χ1v) is 6.30. The van der Waals surface area contributed by atoms with Gasteiger partial charge in [-0.05, 0) is 34.1 Å². The largest absolute Gasteiger partial charge is 0.478 e. The smallest absolute Gasteiger partial charge is 0.335 e. The number of carbonyl (C=O) groups is 3. The van der Waals surface area contributed by atoms with Crippen molar-refractivity contribution in [1.82, 2.24) is 10.6 Å². The number of nitrogens with one attached hydrogen (secondary N) is 3. The number of carboxylic acids is 1. The summed E-state index contributed by atoms with van der Waals surface area (Å²) in [5.74, 6) is -1.09. The molecular weight excluding hydrogens is 332 g/mol. The molecule has 8 nitrogen and oxygen atoms in total. The first-order valence-electron chi connectivity index (χ1n) is 5.51. The predicted octanol–water partition coefficient (Wildman–Crippen LogP) is 0.937. The van der Waals surface area contributed by atoms with Crippen LogP contribution in [0.4, 0.5) is 15.3 Å². The van der Waals surface area contributed by atoms with Gasteiger partial charge in [-0.3, -0.25) is 0 Å². The highest BCUT2D eigenvalue weighted by Gasteiger charge is 2.09. The van der Waals surface area contributed by atoms with Gasteiger partial charge >= 0.3 is 18.0 Å². The molecule has 0 aliphatic rings. The average Bonchev–Trinajstić information content (AvgIpc) is 2.37. The molecule has 20 heavy (non-hydrogen) atoms.